The molecule has 0 saturated heterocycles. The van der Waals surface area contributed by atoms with Gasteiger partial charge in [-0.3, -0.25) is 0 Å². The van der Waals surface area contributed by atoms with Crippen LogP contribution in [-0.2, 0) is 5.60 Å². The van der Waals surface area contributed by atoms with E-state index >= 15 is 0 Å². The summed E-state index contributed by atoms with van der Waals surface area (Å²) in [5, 5.41) is 41.1. The summed E-state index contributed by atoms with van der Waals surface area (Å²) in [5.74, 6) is 1.86. The summed E-state index contributed by atoms with van der Waals surface area (Å²) in [7, 11) is 0. The van der Waals surface area contributed by atoms with Crippen LogP contribution >= 0.6 is 0 Å². The van der Waals surface area contributed by atoms with Crippen molar-refractivity contribution >= 4 is 11.0 Å². The molecule has 1 aromatic carbocycles. The second-order valence-corrected chi connectivity index (χ2v) is 9.13. The first-order chi connectivity index (χ1) is 16.8. The predicted octanol–water partition coefficient (Wildman–Crippen LogP) is 3.26. The largest absolute Gasteiger partial charge is 0.619 e. The van der Waals surface area contributed by atoms with Crippen molar-refractivity contribution in [3.05, 3.63) is 106 Å². The van der Waals surface area contributed by atoms with Crippen LogP contribution in [0.4, 0.5) is 0 Å². The Morgan fingerprint density at radius 3 is 2.26 bits per heavy atom. The van der Waals surface area contributed by atoms with Gasteiger partial charge in [-0.15, -0.1) is 0 Å². The van der Waals surface area contributed by atoms with Crippen molar-refractivity contribution in [2.75, 3.05) is 0 Å². The maximum atomic E-state index is 12.5. The number of benzene rings is 1. The smallest absolute Gasteiger partial charge is 0.187 e. The lowest BCUT2D eigenvalue weighted by Gasteiger charge is -2.28. The Morgan fingerprint density at radius 2 is 1.71 bits per heavy atom. The van der Waals surface area contributed by atoms with Gasteiger partial charge < -0.3 is 25.0 Å². The van der Waals surface area contributed by atoms with Gasteiger partial charge in [-0.05, 0) is 56.5 Å². The number of aliphatic hydroxyl groups is 1. The van der Waals surface area contributed by atoms with E-state index in [0.717, 1.165) is 35.3 Å². The highest BCUT2D eigenvalue weighted by Crippen LogP contribution is 2.44. The number of fused-ring (bicyclic) bond motifs is 1. The average molecular weight is 470 g/mol. The minimum Gasteiger partial charge on any atom is -0.619 e. The third kappa shape index (κ3) is 3.43. The lowest BCUT2D eigenvalue weighted by Crippen LogP contribution is -2.37. The van der Waals surface area contributed by atoms with Crippen molar-refractivity contribution in [1.29, 1.82) is 0 Å². The number of aryl methyl sites for hydroxylation is 2. The first kappa shape index (κ1) is 21.3. The Kier molecular flexibility index (Phi) is 4.65. The Bertz CT molecular complexity index is 1520. The molecule has 0 radical (unpaired) electrons. The molecule has 9 heteroatoms. The van der Waals surface area contributed by atoms with E-state index in [9.17, 15) is 15.5 Å². The van der Waals surface area contributed by atoms with Crippen molar-refractivity contribution < 1.29 is 19.1 Å². The minimum atomic E-state index is -1.84. The van der Waals surface area contributed by atoms with E-state index < -0.39 is 5.60 Å². The molecule has 176 valence electrons. The zero-order chi connectivity index (χ0) is 24.3. The molecule has 4 heterocycles. The van der Waals surface area contributed by atoms with Gasteiger partial charge in [-0.25, -0.2) is 4.98 Å². The summed E-state index contributed by atoms with van der Waals surface area (Å²) >= 11 is 0. The van der Waals surface area contributed by atoms with Crippen LogP contribution in [0, 0.1) is 24.3 Å². The molecular formula is C26H23N5O4. The molecule has 0 unspecified atom stereocenters. The number of imidazole rings is 1. The first-order valence-electron chi connectivity index (χ1n) is 11.4. The molecule has 1 aliphatic carbocycles. The number of aromatic amines is 1. The van der Waals surface area contributed by atoms with Crippen LogP contribution in [-0.4, -0.2) is 20.2 Å². The fraction of sp³-hybridized carbons (Fsp3) is 0.231. The van der Waals surface area contributed by atoms with Crippen LogP contribution < -0.4 is 9.46 Å². The van der Waals surface area contributed by atoms with Gasteiger partial charge in [0.1, 0.15) is 11.6 Å². The summed E-state index contributed by atoms with van der Waals surface area (Å²) < 4.78 is 6.67. The van der Waals surface area contributed by atoms with E-state index in [2.05, 4.69) is 10.1 Å². The fourth-order valence-corrected chi connectivity index (χ4v) is 4.82. The van der Waals surface area contributed by atoms with Gasteiger partial charge >= 0.3 is 0 Å². The molecule has 4 aromatic heterocycles. The second-order valence-electron chi connectivity index (χ2n) is 9.13. The monoisotopic (exact) mass is 469 g/mol. The van der Waals surface area contributed by atoms with E-state index in [-0.39, 0.29) is 0 Å². The van der Waals surface area contributed by atoms with Crippen LogP contribution in [0.15, 0.2) is 65.7 Å². The summed E-state index contributed by atoms with van der Waals surface area (Å²) in [6, 6.07) is 10.3. The van der Waals surface area contributed by atoms with Crippen LogP contribution in [0.25, 0.3) is 22.2 Å². The number of nitrogens with one attached hydrogen (secondary N) is 1. The third-order valence-electron chi connectivity index (χ3n) is 6.67. The highest BCUT2D eigenvalue weighted by molar-refractivity contribution is 5.88. The Morgan fingerprint density at radius 1 is 1.06 bits per heavy atom. The van der Waals surface area contributed by atoms with E-state index in [1.165, 1.54) is 24.8 Å². The number of H-pyrrole nitrogens is 1. The molecule has 2 N–H and O–H groups in total. The van der Waals surface area contributed by atoms with Gasteiger partial charge in [0.2, 0.25) is 0 Å². The molecule has 1 saturated carbocycles. The normalized spacial score (nSPS) is 14.0. The van der Waals surface area contributed by atoms with Crippen LogP contribution in [0.2, 0.25) is 0 Å². The first-order valence-corrected chi connectivity index (χ1v) is 11.4. The highest BCUT2D eigenvalue weighted by Gasteiger charge is 2.41. The SMILES string of the molecule is Cc1noc(C)c1-c1cc(C(O)(c2ccc[n+]([O-])c2)c2ccc[n+]([O-])c2)c2nc(C3CC3)[nH]c2c1. The molecule has 0 aliphatic heterocycles. The number of aromatic nitrogens is 5. The summed E-state index contributed by atoms with van der Waals surface area (Å²) in [6.07, 6.45) is 7.42. The Hall–Kier alpha value is -4.24. The average Bonchev–Trinajstić information content (AvgIpc) is 3.52. The summed E-state index contributed by atoms with van der Waals surface area (Å²) in [6.45, 7) is 3.70. The maximum Gasteiger partial charge on any atom is 0.187 e. The molecule has 1 aliphatic rings. The third-order valence-corrected chi connectivity index (χ3v) is 6.67. The van der Waals surface area contributed by atoms with Gasteiger partial charge in [-0.2, -0.15) is 9.46 Å². The number of hydrogen-bond acceptors (Lipinski definition) is 6. The molecule has 5 aromatic rings. The van der Waals surface area contributed by atoms with Crippen LogP contribution in [0.5, 0.6) is 0 Å². The molecule has 1 fully saturated rings. The van der Waals surface area contributed by atoms with Gasteiger partial charge in [0.05, 0.1) is 27.9 Å². The number of hydrogen-bond donors (Lipinski definition) is 2. The van der Waals surface area contributed by atoms with Crippen molar-refractivity contribution in [3.63, 3.8) is 0 Å². The molecule has 0 atom stereocenters. The zero-order valence-corrected chi connectivity index (χ0v) is 19.2. The highest BCUT2D eigenvalue weighted by atomic mass is 16.5. The topological polar surface area (TPSA) is 129 Å². The number of pyridine rings is 2. The van der Waals surface area contributed by atoms with Crippen molar-refractivity contribution in [1.82, 2.24) is 15.1 Å². The molecule has 0 amide bonds. The van der Waals surface area contributed by atoms with Crippen molar-refractivity contribution in [3.8, 4) is 11.1 Å². The minimum absolute atomic E-state index is 0.314. The predicted molar refractivity (Wildman–Crippen MR) is 126 cm³/mol. The molecule has 9 nitrogen and oxygen atoms in total. The second kappa shape index (κ2) is 7.64. The summed E-state index contributed by atoms with van der Waals surface area (Å²) in [5.41, 5.74) is 2.87. The van der Waals surface area contributed by atoms with Gasteiger partial charge in [0.25, 0.3) is 0 Å². The molecular weight excluding hydrogens is 446 g/mol. The molecule has 0 bridgehead atoms. The molecule has 6 rings (SSSR count). The van der Waals surface area contributed by atoms with Gasteiger partial charge in [-0.1, -0.05) is 5.16 Å². The van der Waals surface area contributed by atoms with Gasteiger partial charge in [0, 0.05) is 29.2 Å². The maximum absolute atomic E-state index is 12.5. The zero-order valence-electron chi connectivity index (χ0n) is 19.2. The molecule has 35 heavy (non-hydrogen) atoms. The van der Waals surface area contributed by atoms with Crippen LogP contribution in [0.1, 0.15) is 52.7 Å². The Labute approximate surface area is 200 Å². The van der Waals surface area contributed by atoms with E-state index in [4.69, 9.17) is 9.51 Å². The van der Waals surface area contributed by atoms with Crippen molar-refractivity contribution in [2.24, 2.45) is 0 Å². The lowest BCUT2D eigenvalue weighted by atomic mass is 9.80. The van der Waals surface area contributed by atoms with E-state index in [1.54, 1.807) is 24.3 Å². The summed E-state index contributed by atoms with van der Waals surface area (Å²) in [4.78, 5) is 8.31. The van der Waals surface area contributed by atoms with E-state index in [1.807, 2.05) is 26.0 Å². The Balaban J connectivity index is 1.71. The van der Waals surface area contributed by atoms with E-state index in [0.29, 0.717) is 49.0 Å². The lowest BCUT2D eigenvalue weighted by molar-refractivity contribution is -0.607. The van der Waals surface area contributed by atoms with Crippen molar-refractivity contribution in [2.45, 2.75) is 38.2 Å². The van der Waals surface area contributed by atoms with Crippen LogP contribution in [0.3, 0.4) is 0 Å². The quantitative estimate of drug-likeness (QED) is 0.300. The molecule has 0 spiro atoms. The standard InChI is InChI=1S/C26H23N5O4/c1-15-23(16(2)35-29-15)18-11-21(24-22(12-18)27-25(28-24)17-7-8-17)26(32,19-5-3-9-30(33)13-19)20-6-4-10-31(34)14-20/h3-6,9-14,17,32H,7-8H2,1-2H3,(H,27,28). The van der Waals surface area contributed by atoms with Gasteiger partial charge in [0.15, 0.2) is 30.4 Å². The fourth-order valence-electron chi connectivity index (χ4n) is 4.82. The number of nitrogens with zero attached hydrogens (tertiary/aromatic N) is 4. The number of rotatable bonds is 5.